The van der Waals surface area contributed by atoms with Gasteiger partial charge in [-0.15, -0.1) is 0 Å². The summed E-state index contributed by atoms with van der Waals surface area (Å²) in [5, 5.41) is 0. The molecule has 0 amide bonds. The molecule has 2 aliphatic rings. The Hall–Kier alpha value is -1.98. The van der Waals surface area contributed by atoms with Crippen molar-refractivity contribution >= 4 is 0 Å². The van der Waals surface area contributed by atoms with Gasteiger partial charge < -0.3 is 9.47 Å². The van der Waals surface area contributed by atoms with Crippen LogP contribution in [0.2, 0.25) is 0 Å². The van der Waals surface area contributed by atoms with Crippen LogP contribution in [0, 0.1) is 6.92 Å². The highest BCUT2D eigenvalue weighted by Crippen LogP contribution is 2.36. The molecule has 2 aromatic rings. The first-order valence-corrected chi connectivity index (χ1v) is 8.57. The largest absolute Gasteiger partial charge is 0.460 e. The van der Waals surface area contributed by atoms with E-state index in [1.54, 1.807) is 18.5 Å². The molecule has 5 heteroatoms. The molecule has 126 valence electrons. The monoisotopic (exact) mass is 325 g/mol. The second kappa shape index (κ2) is 6.49. The summed E-state index contributed by atoms with van der Waals surface area (Å²) in [7, 11) is 0. The van der Waals surface area contributed by atoms with Crippen LogP contribution >= 0.6 is 0 Å². The Kier molecular flexibility index (Phi) is 4.21. The van der Waals surface area contributed by atoms with Gasteiger partial charge in [-0.3, -0.25) is 4.90 Å². The molecule has 0 radical (unpaired) electrons. The Morgan fingerprint density at radius 2 is 2.00 bits per heavy atom. The molecule has 2 fully saturated rings. The number of aromatic nitrogens is 2. The van der Waals surface area contributed by atoms with Gasteiger partial charge in [0.2, 0.25) is 0 Å². The minimum Gasteiger partial charge on any atom is -0.460 e. The zero-order valence-corrected chi connectivity index (χ0v) is 14.0. The highest BCUT2D eigenvalue weighted by atomic mass is 16.5. The van der Waals surface area contributed by atoms with Crippen molar-refractivity contribution in [3.63, 3.8) is 0 Å². The lowest BCUT2D eigenvalue weighted by atomic mass is 9.84. The van der Waals surface area contributed by atoms with Gasteiger partial charge in [0.05, 0.1) is 12.2 Å². The third-order valence-corrected chi connectivity index (χ3v) is 4.94. The van der Waals surface area contributed by atoms with Gasteiger partial charge in [0, 0.05) is 44.9 Å². The van der Waals surface area contributed by atoms with E-state index in [0.717, 1.165) is 39.1 Å². The fraction of sp³-hybridized carbons (Fsp3) is 0.474. The third kappa shape index (κ3) is 3.28. The molecule has 2 saturated heterocycles. The Morgan fingerprint density at radius 1 is 1.21 bits per heavy atom. The van der Waals surface area contributed by atoms with Crippen molar-refractivity contribution in [3.05, 3.63) is 53.9 Å². The van der Waals surface area contributed by atoms with Crippen molar-refractivity contribution in [2.24, 2.45) is 0 Å². The van der Waals surface area contributed by atoms with Crippen LogP contribution in [-0.2, 0) is 11.3 Å². The molecule has 5 nitrogen and oxygen atoms in total. The van der Waals surface area contributed by atoms with Gasteiger partial charge >= 0.3 is 6.01 Å². The van der Waals surface area contributed by atoms with Crippen LogP contribution in [0.15, 0.2) is 42.7 Å². The van der Waals surface area contributed by atoms with Crippen molar-refractivity contribution in [2.75, 3.05) is 19.7 Å². The Morgan fingerprint density at radius 3 is 2.79 bits per heavy atom. The summed E-state index contributed by atoms with van der Waals surface area (Å²) in [4.78, 5) is 10.8. The number of hydrogen-bond acceptors (Lipinski definition) is 5. The van der Waals surface area contributed by atoms with Crippen molar-refractivity contribution in [1.29, 1.82) is 0 Å². The summed E-state index contributed by atoms with van der Waals surface area (Å²) in [6.45, 7) is 5.85. The van der Waals surface area contributed by atoms with Crippen LogP contribution in [0.4, 0.5) is 0 Å². The minimum absolute atomic E-state index is 0.0552. The molecule has 0 aliphatic carbocycles. The zero-order valence-electron chi connectivity index (χ0n) is 14.0. The first kappa shape index (κ1) is 15.5. The fourth-order valence-electron chi connectivity index (χ4n) is 3.71. The highest BCUT2D eigenvalue weighted by Gasteiger charge is 2.48. The third-order valence-electron chi connectivity index (χ3n) is 4.94. The Labute approximate surface area is 142 Å². The summed E-state index contributed by atoms with van der Waals surface area (Å²) < 4.78 is 12.0. The first-order chi connectivity index (χ1) is 11.7. The lowest BCUT2D eigenvalue weighted by Crippen LogP contribution is -2.65. The van der Waals surface area contributed by atoms with E-state index in [9.17, 15) is 0 Å². The number of aryl methyl sites for hydroxylation is 1. The smallest absolute Gasteiger partial charge is 0.316 e. The van der Waals surface area contributed by atoms with Gasteiger partial charge in [-0.1, -0.05) is 24.3 Å². The molecule has 0 saturated carbocycles. The number of nitrogens with zero attached hydrogens (tertiary/aromatic N) is 3. The number of likely N-dealkylation sites (tertiary alicyclic amines) is 1. The lowest BCUT2D eigenvalue weighted by molar-refractivity contribution is -0.188. The average Bonchev–Trinajstić information content (AvgIpc) is 2.57. The number of hydrogen-bond donors (Lipinski definition) is 0. The first-order valence-electron chi connectivity index (χ1n) is 8.57. The molecule has 0 N–H and O–H groups in total. The Balaban J connectivity index is 1.33. The van der Waals surface area contributed by atoms with Gasteiger partial charge in [-0.05, 0) is 24.1 Å². The molecule has 24 heavy (non-hydrogen) atoms. The number of ether oxygens (including phenoxy) is 2. The summed E-state index contributed by atoms with van der Waals surface area (Å²) in [5.74, 6) is 0. The van der Waals surface area contributed by atoms with E-state index in [1.165, 1.54) is 11.1 Å². The predicted octanol–water partition coefficient (Wildman–Crippen LogP) is 2.60. The van der Waals surface area contributed by atoms with E-state index in [1.807, 2.05) is 0 Å². The van der Waals surface area contributed by atoms with Crippen LogP contribution in [0.25, 0.3) is 0 Å². The van der Waals surface area contributed by atoms with Crippen LogP contribution in [0.3, 0.4) is 0 Å². The summed E-state index contributed by atoms with van der Waals surface area (Å²) >= 11 is 0. The molecule has 1 aromatic carbocycles. The van der Waals surface area contributed by atoms with E-state index >= 15 is 0 Å². The zero-order chi connectivity index (χ0) is 16.4. The Bertz CT molecular complexity index is 686. The normalized spacial score (nSPS) is 23.0. The van der Waals surface area contributed by atoms with Crippen molar-refractivity contribution in [3.8, 4) is 6.01 Å². The maximum atomic E-state index is 6.11. The van der Waals surface area contributed by atoms with Crippen LogP contribution < -0.4 is 4.74 Å². The predicted molar refractivity (Wildman–Crippen MR) is 90.8 cm³/mol. The van der Waals surface area contributed by atoms with E-state index < -0.39 is 0 Å². The molecule has 3 heterocycles. The molecule has 1 spiro atoms. The molecular weight excluding hydrogens is 302 g/mol. The van der Waals surface area contributed by atoms with Gasteiger partial charge in [-0.25, -0.2) is 9.97 Å². The van der Waals surface area contributed by atoms with E-state index in [2.05, 4.69) is 46.1 Å². The van der Waals surface area contributed by atoms with Gasteiger partial charge in [-0.2, -0.15) is 0 Å². The van der Waals surface area contributed by atoms with Crippen molar-refractivity contribution in [2.45, 2.75) is 38.0 Å². The molecule has 1 atom stereocenters. The van der Waals surface area contributed by atoms with E-state index in [-0.39, 0.29) is 11.7 Å². The maximum Gasteiger partial charge on any atom is 0.316 e. The van der Waals surface area contributed by atoms with Gasteiger partial charge in [0.25, 0.3) is 0 Å². The van der Waals surface area contributed by atoms with E-state index in [4.69, 9.17) is 9.47 Å². The standard InChI is InChI=1S/C19H23N3O2/c1-15-5-2-3-6-16(15)12-22-13-19(14-22)11-17(7-10-23-19)24-18-20-8-4-9-21-18/h2-6,8-9,17H,7,10-14H2,1H3/t17-/m0/s1. The lowest BCUT2D eigenvalue weighted by Gasteiger charge is -2.53. The summed E-state index contributed by atoms with van der Waals surface area (Å²) in [6.07, 6.45) is 5.38. The topological polar surface area (TPSA) is 47.5 Å². The van der Waals surface area contributed by atoms with Gasteiger partial charge in [0.15, 0.2) is 0 Å². The van der Waals surface area contributed by atoms with Crippen LogP contribution in [-0.4, -0.2) is 46.3 Å². The van der Waals surface area contributed by atoms with Crippen LogP contribution in [0.5, 0.6) is 6.01 Å². The molecular formula is C19H23N3O2. The van der Waals surface area contributed by atoms with Crippen molar-refractivity contribution in [1.82, 2.24) is 14.9 Å². The van der Waals surface area contributed by atoms with Crippen molar-refractivity contribution < 1.29 is 9.47 Å². The molecule has 1 aromatic heterocycles. The molecule has 4 rings (SSSR count). The SMILES string of the molecule is Cc1ccccc1CN1CC2(C[C@@H](Oc3ncccn3)CCO2)C1. The molecule has 0 unspecified atom stereocenters. The number of rotatable bonds is 4. The van der Waals surface area contributed by atoms with Crippen LogP contribution in [0.1, 0.15) is 24.0 Å². The minimum atomic E-state index is -0.0552. The second-order valence-corrected chi connectivity index (χ2v) is 6.87. The second-order valence-electron chi connectivity index (χ2n) is 6.87. The summed E-state index contributed by atoms with van der Waals surface area (Å²) in [5.41, 5.74) is 2.69. The maximum absolute atomic E-state index is 6.11. The quantitative estimate of drug-likeness (QED) is 0.865. The number of benzene rings is 1. The van der Waals surface area contributed by atoms with Gasteiger partial charge in [0.1, 0.15) is 6.10 Å². The molecule has 0 bridgehead atoms. The highest BCUT2D eigenvalue weighted by molar-refractivity contribution is 5.26. The van der Waals surface area contributed by atoms with E-state index in [0.29, 0.717) is 6.01 Å². The molecule has 2 aliphatic heterocycles. The average molecular weight is 325 g/mol. The fourth-order valence-corrected chi connectivity index (χ4v) is 3.71. The summed E-state index contributed by atoms with van der Waals surface area (Å²) in [6, 6.07) is 10.9.